The van der Waals surface area contributed by atoms with Crippen LogP contribution in [0.2, 0.25) is 0 Å². The topological polar surface area (TPSA) is 74.0 Å². The van der Waals surface area contributed by atoms with Crippen LogP contribution in [0.3, 0.4) is 0 Å². The molecular formula is C16H14FN3O. The van der Waals surface area contributed by atoms with Gasteiger partial charge >= 0.3 is 0 Å². The molecule has 0 aliphatic carbocycles. The van der Waals surface area contributed by atoms with Gasteiger partial charge in [0.25, 0.3) is 0 Å². The molecule has 0 radical (unpaired) electrons. The molecule has 0 spiro atoms. The number of nitrogen functional groups attached to an aromatic ring is 1. The molecule has 0 bridgehead atoms. The molecule has 1 amide bonds. The molecule has 0 aliphatic rings. The van der Waals surface area contributed by atoms with Gasteiger partial charge in [0.1, 0.15) is 5.82 Å². The number of carbonyl (C=O) groups excluding carboxylic acids is 1. The average Bonchev–Trinajstić information content (AvgIpc) is 2.83. The highest BCUT2D eigenvalue weighted by Crippen LogP contribution is 2.21. The van der Waals surface area contributed by atoms with Crippen LogP contribution in [0.25, 0.3) is 10.9 Å². The summed E-state index contributed by atoms with van der Waals surface area (Å²) in [4.78, 5) is 11.1. The lowest BCUT2D eigenvalue weighted by Gasteiger charge is -2.09. The number of benzene rings is 2. The van der Waals surface area contributed by atoms with Crippen molar-refractivity contribution in [2.75, 3.05) is 5.73 Å². The number of hydrogen-bond acceptors (Lipinski definition) is 2. The maximum atomic E-state index is 13.4. The third kappa shape index (κ3) is 2.45. The second kappa shape index (κ2) is 4.94. The lowest BCUT2D eigenvalue weighted by molar-refractivity contribution is 0.100. The molecule has 21 heavy (non-hydrogen) atoms. The number of amides is 1. The van der Waals surface area contributed by atoms with E-state index >= 15 is 0 Å². The maximum Gasteiger partial charge on any atom is 0.248 e. The van der Waals surface area contributed by atoms with Crippen LogP contribution in [0.15, 0.2) is 48.7 Å². The highest BCUT2D eigenvalue weighted by atomic mass is 19.1. The van der Waals surface area contributed by atoms with E-state index in [1.165, 1.54) is 12.1 Å². The summed E-state index contributed by atoms with van der Waals surface area (Å²) in [6.07, 6.45) is 1.88. The van der Waals surface area contributed by atoms with Crippen LogP contribution in [0.4, 0.5) is 10.1 Å². The molecule has 0 unspecified atom stereocenters. The van der Waals surface area contributed by atoms with E-state index in [-0.39, 0.29) is 5.82 Å². The maximum absolute atomic E-state index is 13.4. The van der Waals surface area contributed by atoms with Gasteiger partial charge < -0.3 is 16.0 Å². The minimum Gasteiger partial charge on any atom is -0.398 e. The number of nitrogens with zero attached hydrogens (tertiary/aromatic N) is 1. The largest absolute Gasteiger partial charge is 0.398 e. The summed E-state index contributed by atoms with van der Waals surface area (Å²) in [6.45, 7) is 0.498. The third-order valence-corrected chi connectivity index (χ3v) is 3.51. The zero-order valence-electron chi connectivity index (χ0n) is 11.2. The van der Waals surface area contributed by atoms with Crippen molar-refractivity contribution in [1.82, 2.24) is 4.57 Å². The van der Waals surface area contributed by atoms with Gasteiger partial charge in [-0.1, -0.05) is 6.07 Å². The number of halogens is 1. The first-order chi connectivity index (χ1) is 10.0. The van der Waals surface area contributed by atoms with Crippen molar-refractivity contribution >= 4 is 22.5 Å². The number of nitrogens with two attached hydrogens (primary N) is 2. The normalized spacial score (nSPS) is 10.9. The Morgan fingerprint density at radius 3 is 2.67 bits per heavy atom. The fourth-order valence-electron chi connectivity index (χ4n) is 2.37. The Kier molecular flexibility index (Phi) is 3.10. The molecule has 106 valence electrons. The first-order valence-electron chi connectivity index (χ1n) is 6.47. The first kappa shape index (κ1) is 13.2. The molecular weight excluding hydrogens is 269 g/mol. The second-order valence-corrected chi connectivity index (χ2v) is 4.92. The first-order valence-corrected chi connectivity index (χ1v) is 6.47. The van der Waals surface area contributed by atoms with Crippen LogP contribution < -0.4 is 11.5 Å². The standard InChI is InChI=1S/C16H14FN3O/c17-13-4-3-10-5-6-20(15(10)8-13)9-12-2-1-11(16(19)21)7-14(12)18/h1-8H,9,18H2,(H2,19,21). The molecule has 4 N–H and O–H groups in total. The van der Waals surface area contributed by atoms with Gasteiger partial charge in [-0.2, -0.15) is 0 Å². The van der Waals surface area contributed by atoms with Gasteiger partial charge in [0, 0.05) is 24.0 Å². The summed E-state index contributed by atoms with van der Waals surface area (Å²) in [5, 5.41) is 0.962. The molecule has 1 aromatic heterocycles. The molecule has 1 heterocycles. The molecule has 0 saturated carbocycles. The highest BCUT2D eigenvalue weighted by molar-refractivity contribution is 5.93. The fourth-order valence-corrected chi connectivity index (χ4v) is 2.37. The van der Waals surface area contributed by atoms with E-state index < -0.39 is 5.91 Å². The van der Waals surface area contributed by atoms with Gasteiger partial charge in [-0.25, -0.2) is 4.39 Å². The molecule has 0 aliphatic heterocycles. The Hall–Kier alpha value is -2.82. The van der Waals surface area contributed by atoms with Crippen LogP contribution in [0.5, 0.6) is 0 Å². The van der Waals surface area contributed by atoms with Crippen LogP contribution in [0.1, 0.15) is 15.9 Å². The Morgan fingerprint density at radius 1 is 1.14 bits per heavy atom. The van der Waals surface area contributed by atoms with Crippen molar-refractivity contribution < 1.29 is 9.18 Å². The summed E-state index contributed by atoms with van der Waals surface area (Å²) in [5.41, 5.74) is 13.7. The summed E-state index contributed by atoms with van der Waals surface area (Å²) in [6, 6.07) is 11.5. The van der Waals surface area contributed by atoms with Crippen LogP contribution in [-0.2, 0) is 6.54 Å². The quantitative estimate of drug-likeness (QED) is 0.725. The highest BCUT2D eigenvalue weighted by Gasteiger charge is 2.08. The van der Waals surface area contributed by atoms with Gasteiger partial charge in [-0.05, 0) is 47.3 Å². The monoisotopic (exact) mass is 283 g/mol. The Labute approximate surface area is 120 Å². The Balaban J connectivity index is 1.99. The van der Waals surface area contributed by atoms with E-state index in [1.54, 1.807) is 24.3 Å². The van der Waals surface area contributed by atoms with E-state index in [2.05, 4.69) is 0 Å². The molecule has 5 heteroatoms. The predicted molar refractivity (Wildman–Crippen MR) is 80.4 cm³/mol. The lowest BCUT2D eigenvalue weighted by Crippen LogP contribution is -2.12. The van der Waals surface area contributed by atoms with Crippen molar-refractivity contribution in [3.05, 3.63) is 65.6 Å². The van der Waals surface area contributed by atoms with E-state index in [4.69, 9.17) is 11.5 Å². The van der Waals surface area contributed by atoms with Crippen molar-refractivity contribution in [2.24, 2.45) is 5.73 Å². The Bertz CT molecular complexity index is 839. The van der Waals surface area contributed by atoms with Crippen LogP contribution >= 0.6 is 0 Å². The molecule has 0 saturated heterocycles. The van der Waals surface area contributed by atoms with Crippen molar-refractivity contribution in [3.8, 4) is 0 Å². The lowest BCUT2D eigenvalue weighted by atomic mass is 10.1. The number of carbonyl (C=O) groups is 1. The fraction of sp³-hybridized carbons (Fsp3) is 0.0625. The van der Waals surface area contributed by atoms with Crippen LogP contribution in [0, 0.1) is 5.82 Å². The van der Waals surface area contributed by atoms with E-state index in [9.17, 15) is 9.18 Å². The molecule has 3 rings (SSSR count). The third-order valence-electron chi connectivity index (χ3n) is 3.51. The average molecular weight is 283 g/mol. The number of rotatable bonds is 3. The van der Waals surface area contributed by atoms with Gasteiger partial charge in [0.15, 0.2) is 0 Å². The van der Waals surface area contributed by atoms with E-state index in [1.807, 2.05) is 16.8 Å². The Morgan fingerprint density at radius 2 is 1.95 bits per heavy atom. The van der Waals surface area contributed by atoms with Gasteiger partial charge in [-0.3, -0.25) is 4.79 Å². The van der Waals surface area contributed by atoms with E-state index in [0.717, 1.165) is 16.5 Å². The minimum absolute atomic E-state index is 0.278. The van der Waals surface area contributed by atoms with E-state index in [0.29, 0.717) is 17.8 Å². The van der Waals surface area contributed by atoms with Gasteiger partial charge in [0.05, 0.1) is 5.52 Å². The summed E-state index contributed by atoms with van der Waals surface area (Å²) in [7, 11) is 0. The zero-order chi connectivity index (χ0) is 15.0. The molecule has 3 aromatic rings. The zero-order valence-corrected chi connectivity index (χ0v) is 11.2. The molecule has 2 aromatic carbocycles. The number of anilines is 1. The van der Waals surface area contributed by atoms with Crippen LogP contribution in [-0.4, -0.2) is 10.5 Å². The summed E-state index contributed by atoms with van der Waals surface area (Å²) < 4.78 is 15.3. The van der Waals surface area contributed by atoms with Crippen molar-refractivity contribution in [1.29, 1.82) is 0 Å². The summed E-state index contributed by atoms with van der Waals surface area (Å²) >= 11 is 0. The van der Waals surface area contributed by atoms with Gasteiger partial charge in [-0.15, -0.1) is 0 Å². The predicted octanol–water partition coefficient (Wildman–Crippen LogP) is 2.51. The van der Waals surface area contributed by atoms with Gasteiger partial charge in [0.2, 0.25) is 5.91 Å². The number of primary amides is 1. The van der Waals surface area contributed by atoms with Crippen molar-refractivity contribution in [2.45, 2.75) is 6.54 Å². The number of hydrogen-bond donors (Lipinski definition) is 2. The molecule has 0 fully saturated rings. The number of aromatic nitrogens is 1. The number of fused-ring (bicyclic) bond motifs is 1. The minimum atomic E-state index is -0.512. The summed E-state index contributed by atoms with van der Waals surface area (Å²) in [5.74, 6) is -0.791. The second-order valence-electron chi connectivity index (χ2n) is 4.92. The van der Waals surface area contributed by atoms with Crippen molar-refractivity contribution in [3.63, 3.8) is 0 Å². The molecule has 4 nitrogen and oxygen atoms in total. The smallest absolute Gasteiger partial charge is 0.248 e. The SMILES string of the molecule is NC(=O)c1ccc(Cn2ccc3ccc(F)cc32)c(N)c1. The molecule has 0 atom stereocenters.